The monoisotopic (exact) mass is 238 g/mol. The average molecular weight is 238 g/mol. The second-order valence-electron chi connectivity index (χ2n) is 3.39. The van der Waals surface area contributed by atoms with Crippen molar-refractivity contribution in [3.63, 3.8) is 0 Å². The van der Waals surface area contributed by atoms with Gasteiger partial charge in [-0.05, 0) is 13.8 Å². The van der Waals surface area contributed by atoms with E-state index in [9.17, 15) is 15.3 Å². The summed E-state index contributed by atoms with van der Waals surface area (Å²) in [6.07, 6.45) is -4.71. The third kappa shape index (κ3) is 5.20. The molecule has 0 saturated carbocycles. The second kappa shape index (κ2) is 8.86. The van der Waals surface area contributed by atoms with Crippen molar-refractivity contribution in [3.8, 4) is 0 Å². The maximum atomic E-state index is 9.68. The van der Waals surface area contributed by atoms with Gasteiger partial charge in [0.15, 0.2) is 0 Å². The van der Waals surface area contributed by atoms with Crippen LogP contribution in [0.2, 0.25) is 0 Å². The summed E-state index contributed by atoms with van der Waals surface area (Å²) in [6, 6.07) is 0. The van der Waals surface area contributed by atoms with Crippen molar-refractivity contribution in [1.29, 1.82) is 0 Å². The number of aliphatic hydroxyl groups excluding tert-OH is 4. The lowest BCUT2D eigenvalue weighted by Gasteiger charge is -2.29. The third-order valence-corrected chi connectivity index (χ3v) is 2.15. The molecule has 0 aliphatic carbocycles. The standard InChI is InChI=1S/C10H22O6/c1-3-15-6-8(13)10(16-4-2)9(14)7(12)5-11/h7-14H,3-6H2,1-2H3/t7-,8+,9+,10-/m0/s1. The van der Waals surface area contributed by atoms with Gasteiger partial charge in [0.05, 0.1) is 13.2 Å². The van der Waals surface area contributed by atoms with E-state index in [2.05, 4.69) is 0 Å². The van der Waals surface area contributed by atoms with E-state index in [0.717, 1.165) is 0 Å². The van der Waals surface area contributed by atoms with Crippen molar-refractivity contribution in [2.45, 2.75) is 38.3 Å². The van der Waals surface area contributed by atoms with Crippen LogP contribution in [0.5, 0.6) is 0 Å². The molecule has 16 heavy (non-hydrogen) atoms. The lowest BCUT2D eigenvalue weighted by Crippen LogP contribution is -2.49. The molecule has 0 aliphatic rings. The van der Waals surface area contributed by atoms with E-state index in [1.165, 1.54) is 0 Å². The van der Waals surface area contributed by atoms with Crippen LogP contribution < -0.4 is 0 Å². The fourth-order valence-electron chi connectivity index (χ4n) is 1.29. The summed E-state index contributed by atoms with van der Waals surface area (Å²) in [5.74, 6) is 0. The van der Waals surface area contributed by atoms with Crippen molar-refractivity contribution in [2.75, 3.05) is 26.4 Å². The zero-order chi connectivity index (χ0) is 12.6. The second-order valence-corrected chi connectivity index (χ2v) is 3.39. The highest BCUT2D eigenvalue weighted by molar-refractivity contribution is 4.82. The molecule has 0 rings (SSSR count). The molecule has 6 nitrogen and oxygen atoms in total. The molecule has 4 atom stereocenters. The summed E-state index contributed by atoms with van der Waals surface area (Å²) < 4.78 is 10.1. The first-order valence-corrected chi connectivity index (χ1v) is 5.42. The highest BCUT2D eigenvalue weighted by atomic mass is 16.5. The summed E-state index contributed by atoms with van der Waals surface area (Å²) in [4.78, 5) is 0. The van der Waals surface area contributed by atoms with Crippen molar-refractivity contribution in [1.82, 2.24) is 0 Å². The first-order chi connectivity index (χ1) is 7.58. The molecule has 0 unspecified atom stereocenters. The van der Waals surface area contributed by atoms with Gasteiger partial charge in [-0.2, -0.15) is 0 Å². The van der Waals surface area contributed by atoms with Crippen molar-refractivity contribution >= 4 is 0 Å². The Balaban J connectivity index is 4.33. The lowest BCUT2D eigenvalue weighted by atomic mass is 10.0. The van der Waals surface area contributed by atoms with Gasteiger partial charge >= 0.3 is 0 Å². The highest BCUT2D eigenvalue weighted by Crippen LogP contribution is 2.10. The van der Waals surface area contributed by atoms with Crippen LogP contribution in [0.4, 0.5) is 0 Å². The number of rotatable bonds is 9. The first kappa shape index (κ1) is 15.8. The molecule has 0 aromatic heterocycles. The van der Waals surface area contributed by atoms with E-state index in [1.807, 2.05) is 0 Å². The summed E-state index contributed by atoms with van der Waals surface area (Å²) in [7, 11) is 0. The number of ether oxygens (including phenoxy) is 2. The van der Waals surface area contributed by atoms with Crippen LogP contribution >= 0.6 is 0 Å². The fourth-order valence-corrected chi connectivity index (χ4v) is 1.29. The largest absolute Gasteiger partial charge is 0.394 e. The maximum absolute atomic E-state index is 9.68. The molecule has 0 radical (unpaired) electrons. The Morgan fingerprint density at radius 3 is 2.06 bits per heavy atom. The maximum Gasteiger partial charge on any atom is 0.114 e. The van der Waals surface area contributed by atoms with E-state index in [-0.39, 0.29) is 13.2 Å². The van der Waals surface area contributed by atoms with Gasteiger partial charge in [-0.25, -0.2) is 0 Å². The van der Waals surface area contributed by atoms with Gasteiger partial charge in [-0.1, -0.05) is 0 Å². The average Bonchev–Trinajstić information content (AvgIpc) is 2.30. The van der Waals surface area contributed by atoms with Crippen LogP contribution in [0.25, 0.3) is 0 Å². The molecule has 0 spiro atoms. The normalized spacial score (nSPS) is 19.1. The van der Waals surface area contributed by atoms with Crippen molar-refractivity contribution in [2.24, 2.45) is 0 Å². The summed E-state index contributed by atoms with van der Waals surface area (Å²) in [6.45, 7) is 3.62. The summed E-state index contributed by atoms with van der Waals surface area (Å²) in [5.41, 5.74) is 0. The van der Waals surface area contributed by atoms with E-state index in [1.54, 1.807) is 13.8 Å². The Morgan fingerprint density at radius 2 is 1.62 bits per heavy atom. The smallest absolute Gasteiger partial charge is 0.114 e. The minimum atomic E-state index is -1.35. The number of hydrogen-bond donors (Lipinski definition) is 4. The highest BCUT2D eigenvalue weighted by Gasteiger charge is 2.32. The summed E-state index contributed by atoms with van der Waals surface area (Å²) in [5, 5.41) is 37.3. The van der Waals surface area contributed by atoms with Gasteiger partial charge in [-0.3, -0.25) is 0 Å². The zero-order valence-electron chi connectivity index (χ0n) is 9.74. The fraction of sp³-hybridized carbons (Fsp3) is 1.00. The van der Waals surface area contributed by atoms with Gasteiger partial charge in [0.2, 0.25) is 0 Å². The van der Waals surface area contributed by atoms with Crippen LogP contribution in [-0.2, 0) is 9.47 Å². The molecule has 0 heterocycles. The molecule has 0 fully saturated rings. The first-order valence-electron chi connectivity index (χ1n) is 5.42. The van der Waals surface area contributed by atoms with Gasteiger partial charge in [0, 0.05) is 13.2 Å². The number of aliphatic hydroxyl groups is 4. The van der Waals surface area contributed by atoms with Crippen LogP contribution in [0.1, 0.15) is 13.8 Å². The number of hydrogen-bond acceptors (Lipinski definition) is 6. The van der Waals surface area contributed by atoms with Crippen LogP contribution in [0.15, 0.2) is 0 Å². The predicted molar refractivity (Wildman–Crippen MR) is 57.0 cm³/mol. The Bertz CT molecular complexity index is 165. The molecule has 0 saturated heterocycles. The zero-order valence-corrected chi connectivity index (χ0v) is 9.74. The van der Waals surface area contributed by atoms with Gasteiger partial charge in [-0.15, -0.1) is 0 Å². The van der Waals surface area contributed by atoms with Gasteiger partial charge in [0.25, 0.3) is 0 Å². The topological polar surface area (TPSA) is 99.4 Å². The third-order valence-electron chi connectivity index (χ3n) is 2.15. The van der Waals surface area contributed by atoms with Crippen LogP contribution in [0, 0.1) is 0 Å². The molecule has 6 heteroatoms. The minimum Gasteiger partial charge on any atom is -0.394 e. The SMILES string of the molecule is CCOC[C@@H](O)[C@H](OCC)[C@H](O)[C@@H](O)CO. The Labute approximate surface area is 95.4 Å². The van der Waals surface area contributed by atoms with Crippen LogP contribution in [0.3, 0.4) is 0 Å². The Hall–Kier alpha value is -0.240. The Kier molecular flexibility index (Phi) is 8.73. The molecule has 0 aromatic rings. The molecular weight excluding hydrogens is 216 g/mol. The molecule has 98 valence electrons. The van der Waals surface area contributed by atoms with E-state index >= 15 is 0 Å². The quantitative estimate of drug-likeness (QED) is 0.390. The van der Waals surface area contributed by atoms with E-state index < -0.39 is 31.0 Å². The molecular formula is C10H22O6. The van der Waals surface area contributed by atoms with Gasteiger partial charge in [0.1, 0.15) is 24.4 Å². The van der Waals surface area contributed by atoms with E-state index in [4.69, 9.17) is 14.6 Å². The van der Waals surface area contributed by atoms with Crippen molar-refractivity contribution < 1.29 is 29.9 Å². The lowest BCUT2D eigenvalue weighted by molar-refractivity contribution is -0.150. The molecule has 0 bridgehead atoms. The minimum absolute atomic E-state index is 0.0103. The van der Waals surface area contributed by atoms with Crippen LogP contribution in [-0.4, -0.2) is 71.3 Å². The van der Waals surface area contributed by atoms with Crippen molar-refractivity contribution in [3.05, 3.63) is 0 Å². The van der Waals surface area contributed by atoms with Gasteiger partial charge < -0.3 is 29.9 Å². The molecule has 0 amide bonds. The molecule has 4 N–H and O–H groups in total. The predicted octanol–water partition coefficient (Wildman–Crippen LogP) is -1.50. The molecule has 0 aromatic carbocycles. The summed E-state index contributed by atoms with van der Waals surface area (Å²) >= 11 is 0. The Morgan fingerprint density at radius 1 is 1.00 bits per heavy atom. The van der Waals surface area contributed by atoms with E-state index in [0.29, 0.717) is 6.61 Å². The molecule has 0 aliphatic heterocycles.